The van der Waals surface area contributed by atoms with E-state index in [4.69, 9.17) is 4.84 Å². The summed E-state index contributed by atoms with van der Waals surface area (Å²) in [7, 11) is 0. The monoisotopic (exact) mass is 415 g/mol. The first-order valence-electron chi connectivity index (χ1n) is 9.36. The fourth-order valence-electron chi connectivity index (χ4n) is 3.89. The van der Waals surface area contributed by atoms with Crippen molar-refractivity contribution in [1.29, 1.82) is 0 Å². The first kappa shape index (κ1) is 18.6. The molecule has 0 spiro atoms. The summed E-state index contributed by atoms with van der Waals surface area (Å²) in [5.74, 6) is -3.38. The van der Waals surface area contributed by atoms with Crippen LogP contribution in [0.5, 0.6) is 0 Å². The highest BCUT2D eigenvalue weighted by Gasteiger charge is 2.58. The number of Topliss-reactive ketones (excluding diaryl/α,β-unsaturated/α-hetero) is 1. The number of amides is 2. The smallest absolute Gasteiger partial charge is 0.293 e. The van der Waals surface area contributed by atoms with Gasteiger partial charge in [0, 0.05) is 11.6 Å². The second-order valence-corrected chi connectivity index (χ2v) is 7.13. The third-order valence-corrected chi connectivity index (χ3v) is 5.38. The van der Waals surface area contributed by atoms with Gasteiger partial charge in [0.05, 0.1) is 4.92 Å². The minimum atomic E-state index is -1.33. The van der Waals surface area contributed by atoms with E-state index in [-0.39, 0.29) is 11.4 Å². The van der Waals surface area contributed by atoms with Gasteiger partial charge in [-0.05, 0) is 22.9 Å². The quantitative estimate of drug-likeness (QED) is 0.280. The van der Waals surface area contributed by atoms with Crippen LogP contribution in [0.3, 0.4) is 0 Å². The molecule has 0 saturated carbocycles. The topological polar surface area (TPSA) is 119 Å². The van der Waals surface area contributed by atoms with Gasteiger partial charge in [-0.2, -0.15) is 0 Å². The minimum absolute atomic E-state index is 0.169. The van der Waals surface area contributed by atoms with Gasteiger partial charge in [-0.3, -0.25) is 24.5 Å². The first-order chi connectivity index (χ1) is 15.0. The van der Waals surface area contributed by atoms with Gasteiger partial charge in [-0.15, -0.1) is 0 Å². The summed E-state index contributed by atoms with van der Waals surface area (Å²) >= 11 is 0. The predicted molar refractivity (Wildman–Crippen MR) is 110 cm³/mol. The molecule has 0 aromatic heterocycles. The van der Waals surface area contributed by atoms with Gasteiger partial charge >= 0.3 is 0 Å². The van der Waals surface area contributed by atoms with E-state index in [0.29, 0.717) is 10.5 Å². The molecule has 1 fully saturated rings. The molecule has 2 aliphatic heterocycles. The molecule has 0 aliphatic carbocycles. The molecular formula is C22H13N3O6. The normalized spacial score (nSPS) is 19.9. The fraction of sp³-hybridized carbons (Fsp3) is 0.0909. The number of ketones is 1. The van der Waals surface area contributed by atoms with Crippen molar-refractivity contribution in [2.45, 2.75) is 6.10 Å². The molecular weight excluding hydrogens is 402 g/mol. The maximum Gasteiger partial charge on any atom is 0.293 e. The molecule has 0 N–H and O–H groups in total. The van der Waals surface area contributed by atoms with Crippen molar-refractivity contribution < 1.29 is 24.1 Å². The highest BCUT2D eigenvalue weighted by atomic mass is 16.7. The van der Waals surface area contributed by atoms with E-state index in [1.807, 2.05) is 24.3 Å². The van der Waals surface area contributed by atoms with E-state index in [2.05, 4.69) is 5.16 Å². The summed E-state index contributed by atoms with van der Waals surface area (Å²) in [6.45, 7) is 0. The molecule has 2 aliphatic rings. The van der Waals surface area contributed by atoms with Crippen LogP contribution in [0.4, 0.5) is 11.4 Å². The second kappa shape index (κ2) is 6.84. The van der Waals surface area contributed by atoms with Crippen molar-refractivity contribution in [2.24, 2.45) is 11.1 Å². The van der Waals surface area contributed by atoms with Crippen molar-refractivity contribution in [3.05, 3.63) is 82.4 Å². The number of anilines is 1. The van der Waals surface area contributed by atoms with Crippen LogP contribution in [0, 0.1) is 16.0 Å². The first-order valence-corrected chi connectivity index (χ1v) is 9.36. The van der Waals surface area contributed by atoms with E-state index in [1.54, 1.807) is 18.2 Å². The molecule has 5 rings (SSSR count). The van der Waals surface area contributed by atoms with E-state index in [1.165, 1.54) is 24.3 Å². The van der Waals surface area contributed by atoms with Crippen LogP contribution < -0.4 is 4.90 Å². The highest BCUT2D eigenvalue weighted by Crippen LogP contribution is 2.38. The lowest BCUT2D eigenvalue weighted by atomic mass is 9.92. The molecule has 31 heavy (non-hydrogen) atoms. The van der Waals surface area contributed by atoms with Gasteiger partial charge in [-0.1, -0.05) is 53.7 Å². The van der Waals surface area contributed by atoms with Crippen molar-refractivity contribution >= 4 is 45.5 Å². The third-order valence-electron chi connectivity index (χ3n) is 5.38. The standard InChI is InChI=1S/C22H13N3O6/c26-19(14-10-9-12-5-1-2-6-13(12)11-14)18-17-20(31-23-18)22(28)24(21(17)27)15-7-3-4-8-16(15)25(29)30/h1-11,17,20H/t17-,20-/m1/s1. The van der Waals surface area contributed by atoms with E-state index in [0.717, 1.165) is 10.8 Å². The molecule has 2 amide bonds. The van der Waals surface area contributed by atoms with Crippen LogP contribution in [0.15, 0.2) is 71.9 Å². The molecule has 0 bridgehead atoms. The molecule has 3 aromatic rings. The van der Waals surface area contributed by atoms with E-state index >= 15 is 0 Å². The van der Waals surface area contributed by atoms with Gasteiger partial charge in [0.25, 0.3) is 11.6 Å². The number of rotatable bonds is 4. The molecule has 0 unspecified atom stereocenters. The Bertz CT molecular complexity index is 1330. The minimum Gasteiger partial charge on any atom is -0.381 e. The average Bonchev–Trinajstić information content (AvgIpc) is 3.33. The number of para-hydroxylation sites is 2. The molecule has 2 atom stereocenters. The number of hydrogen-bond acceptors (Lipinski definition) is 7. The van der Waals surface area contributed by atoms with Crippen molar-refractivity contribution in [3.8, 4) is 0 Å². The third kappa shape index (κ3) is 2.78. The van der Waals surface area contributed by atoms with Crippen LogP contribution in [0.1, 0.15) is 10.4 Å². The number of imide groups is 1. The lowest BCUT2D eigenvalue weighted by molar-refractivity contribution is -0.384. The van der Waals surface area contributed by atoms with Gasteiger partial charge in [0.15, 0.2) is 0 Å². The predicted octanol–water partition coefficient (Wildman–Crippen LogP) is 2.88. The van der Waals surface area contributed by atoms with Gasteiger partial charge < -0.3 is 4.84 Å². The summed E-state index contributed by atoms with van der Waals surface area (Å²) in [5.41, 5.74) is -0.465. The Kier molecular flexibility index (Phi) is 4.11. The number of carbonyl (C=O) groups excluding carboxylic acids is 3. The van der Waals surface area contributed by atoms with E-state index in [9.17, 15) is 24.5 Å². The maximum absolute atomic E-state index is 13.1. The molecule has 2 heterocycles. The largest absolute Gasteiger partial charge is 0.381 e. The average molecular weight is 415 g/mol. The lowest BCUT2D eigenvalue weighted by Crippen LogP contribution is -2.34. The fourth-order valence-corrected chi connectivity index (χ4v) is 3.89. The SMILES string of the molecule is O=C(C1=NO[C@H]2C(=O)N(c3ccccc3[N+](=O)[O-])C(=O)[C@H]12)c1ccc2ccccc2c1. The Morgan fingerprint density at radius 1 is 0.968 bits per heavy atom. The second-order valence-electron chi connectivity index (χ2n) is 7.13. The number of hydrogen-bond donors (Lipinski definition) is 0. The zero-order chi connectivity index (χ0) is 21.7. The molecule has 1 saturated heterocycles. The zero-order valence-electron chi connectivity index (χ0n) is 15.8. The zero-order valence-corrected chi connectivity index (χ0v) is 15.8. The Morgan fingerprint density at radius 2 is 1.68 bits per heavy atom. The summed E-state index contributed by atoms with van der Waals surface area (Å²) < 4.78 is 0. The Balaban J connectivity index is 1.50. The summed E-state index contributed by atoms with van der Waals surface area (Å²) in [6, 6.07) is 17.9. The molecule has 3 aromatic carbocycles. The number of nitrogens with zero attached hydrogens (tertiary/aromatic N) is 3. The van der Waals surface area contributed by atoms with Crippen LogP contribution >= 0.6 is 0 Å². The van der Waals surface area contributed by atoms with Crippen LogP contribution in [0.25, 0.3) is 10.8 Å². The molecule has 0 radical (unpaired) electrons. The van der Waals surface area contributed by atoms with Crippen LogP contribution in [-0.4, -0.2) is 34.3 Å². The van der Waals surface area contributed by atoms with Crippen LogP contribution in [-0.2, 0) is 14.4 Å². The summed E-state index contributed by atoms with van der Waals surface area (Å²) in [4.78, 5) is 55.5. The van der Waals surface area contributed by atoms with Crippen molar-refractivity contribution in [2.75, 3.05) is 4.90 Å². The Morgan fingerprint density at radius 3 is 2.45 bits per heavy atom. The van der Waals surface area contributed by atoms with Gasteiger partial charge in [-0.25, -0.2) is 4.90 Å². The number of nitro benzene ring substituents is 1. The summed E-state index contributed by atoms with van der Waals surface area (Å²) in [5, 5.41) is 16.9. The van der Waals surface area contributed by atoms with Crippen molar-refractivity contribution in [3.63, 3.8) is 0 Å². The van der Waals surface area contributed by atoms with Gasteiger partial charge in [0.2, 0.25) is 17.8 Å². The van der Waals surface area contributed by atoms with Crippen LogP contribution in [0.2, 0.25) is 0 Å². The maximum atomic E-state index is 13.1. The number of benzene rings is 3. The Labute approximate surface area is 174 Å². The molecule has 152 valence electrons. The lowest BCUT2D eigenvalue weighted by Gasteiger charge is -2.15. The number of carbonyl (C=O) groups is 3. The van der Waals surface area contributed by atoms with E-state index < -0.39 is 40.2 Å². The van der Waals surface area contributed by atoms with Gasteiger partial charge in [0.1, 0.15) is 17.3 Å². The number of fused-ring (bicyclic) bond motifs is 2. The molecule has 9 nitrogen and oxygen atoms in total. The Hall–Kier alpha value is -4.40. The number of nitro groups is 1. The highest BCUT2D eigenvalue weighted by molar-refractivity contribution is 6.52. The van der Waals surface area contributed by atoms with Crippen molar-refractivity contribution in [1.82, 2.24) is 0 Å². The summed E-state index contributed by atoms with van der Waals surface area (Å²) in [6.07, 6.45) is -1.33. The number of oxime groups is 1. The molecule has 9 heteroatoms.